The Morgan fingerprint density at radius 3 is 2.73 bits per heavy atom. The Balaban J connectivity index is 2.93. The zero-order valence-electron chi connectivity index (χ0n) is 8.95. The topological polar surface area (TPSA) is 49.3 Å². The average molecular weight is 205 g/mol. The second kappa shape index (κ2) is 4.64. The van der Waals surface area contributed by atoms with Gasteiger partial charge in [0, 0.05) is 5.69 Å². The lowest BCUT2D eigenvalue weighted by molar-refractivity contribution is -0.136. The number of rotatable bonds is 4. The number of benzene rings is 1. The van der Waals surface area contributed by atoms with Gasteiger partial charge in [-0.3, -0.25) is 0 Å². The molecular formula is C12H15NO2. The van der Waals surface area contributed by atoms with Crippen molar-refractivity contribution in [2.24, 2.45) is 0 Å². The van der Waals surface area contributed by atoms with Crippen molar-refractivity contribution in [3.05, 3.63) is 42.0 Å². The highest BCUT2D eigenvalue weighted by Gasteiger charge is 2.13. The number of carboxylic acid groups (broad SMARTS) is 1. The minimum atomic E-state index is -0.925. The molecule has 1 atom stereocenters. The molecule has 1 aromatic carbocycles. The van der Waals surface area contributed by atoms with Crippen LogP contribution in [0.2, 0.25) is 0 Å². The first kappa shape index (κ1) is 11.3. The summed E-state index contributed by atoms with van der Waals surface area (Å²) in [5.74, 6) is -0.925. The minimum absolute atomic E-state index is 0.745. The summed E-state index contributed by atoms with van der Waals surface area (Å²) >= 11 is 0. The number of aliphatic carboxylic acids is 1. The monoisotopic (exact) mass is 205 g/mol. The summed E-state index contributed by atoms with van der Waals surface area (Å²) in [6.45, 7) is 7.44. The van der Waals surface area contributed by atoms with Crippen LogP contribution in [0.3, 0.4) is 0 Å². The minimum Gasteiger partial charge on any atom is -0.479 e. The third-order valence-electron chi connectivity index (χ3n) is 2.42. The lowest BCUT2D eigenvalue weighted by atomic mass is 10.1. The number of carbonyl (C=O) groups is 1. The van der Waals surface area contributed by atoms with Gasteiger partial charge < -0.3 is 10.4 Å². The van der Waals surface area contributed by atoms with Crippen molar-refractivity contribution in [1.82, 2.24) is 0 Å². The zero-order chi connectivity index (χ0) is 11.4. The maximum absolute atomic E-state index is 10.8. The van der Waals surface area contributed by atoms with Gasteiger partial charge in [0.15, 0.2) is 0 Å². The molecule has 80 valence electrons. The molecule has 2 N–H and O–H groups in total. The fourth-order valence-electron chi connectivity index (χ4n) is 1.30. The fourth-order valence-corrected chi connectivity index (χ4v) is 1.30. The van der Waals surface area contributed by atoms with Crippen molar-refractivity contribution in [2.75, 3.05) is 5.32 Å². The molecule has 0 aliphatic heterocycles. The maximum atomic E-state index is 10.8. The Morgan fingerprint density at radius 1 is 1.53 bits per heavy atom. The predicted octanol–water partition coefficient (Wildman–Crippen LogP) is 2.35. The van der Waals surface area contributed by atoms with Crippen molar-refractivity contribution in [3.63, 3.8) is 0 Å². The number of hydrogen-bond acceptors (Lipinski definition) is 2. The summed E-state index contributed by atoms with van der Waals surface area (Å²) in [5, 5.41) is 11.8. The van der Waals surface area contributed by atoms with E-state index in [-0.39, 0.29) is 0 Å². The molecule has 0 amide bonds. The summed E-state index contributed by atoms with van der Waals surface area (Å²) < 4.78 is 0. The second-order valence-electron chi connectivity index (χ2n) is 3.44. The van der Waals surface area contributed by atoms with E-state index in [4.69, 9.17) is 5.11 Å². The predicted molar refractivity (Wildman–Crippen MR) is 61.2 cm³/mol. The van der Waals surface area contributed by atoms with Gasteiger partial charge in [-0.1, -0.05) is 18.2 Å². The van der Waals surface area contributed by atoms with Crippen LogP contribution in [0.4, 0.5) is 5.69 Å². The Kier molecular flexibility index (Phi) is 3.50. The molecule has 3 heteroatoms. The molecule has 1 aromatic rings. The lowest BCUT2D eigenvalue weighted by Crippen LogP contribution is -2.27. The lowest BCUT2D eigenvalue weighted by Gasteiger charge is -2.15. The maximum Gasteiger partial charge on any atom is 0.330 e. The smallest absolute Gasteiger partial charge is 0.330 e. The van der Waals surface area contributed by atoms with Crippen LogP contribution in [0.5, 0.6) is 0 Å². The van der Waals surface area contributed by atoms with Gasteiger partial charge >= 0.3 is 5.97 Å². The Morgan fingerprint density at radius 2 is 2.20 bits per heavy atom. The fraction of sp³-hybridized carbons (Fsp3) is 0.250. The summed E-state index contributed by atoms with van der Waals surface area (Å²) in [7, 11) is 0. The van der Waals surface area contributed by atoms with Crippen LogP contribution in [0.25, 0.3) is 0 Å². The molecular weight excluding hydrogens is 190 g/mol. The van der Waals surface area contributed by atoms with Crippen LogP contribution in [0.15, 0.2) is 30.9 Å². The number of nitrogens with one attached hydrogen (secondary N) is 1. The highest BCUT2D eigenvalue weighted by atomic mass is 16.4. The van der Waals surface area contributed by atoms with Crippen LogP contribution in [-0.4, -0.2) is 17.1 Å². The van der Waals surface area contributed by atoms with Crippen molar-refractivity contribution < 1.29 is 9.90 Å². The Labute approximate surface area is 89.4 Å². The first-order chi connectivity index (χ1) is 7.06. The summed E-state index contributed by atoms with van der Waals surface area (Å²) in [6, 6.07) is 5.00. The van der Waals surface area contributed by atoms with Gasteiger partial charge in [-0.15, -0.1) is 6.58 Å². The van der Waals surface area contributed by atoms with E-state index >= 15 is 0 Å². The van der Waals surface area contributed by atoms with Crippen LogP contribution < -0.4 is 5.32 Å². The quantitative estimate of drug-likeness (QED) is 0.742. The number of anilines is 1. The van der Waals surface area contributed by atoms with E-state index < -0.39 is 12.0 Å². The van der Waals surface area contributed by atoms with E-state index in [0.717, 1.165) is 16.8 Å². The second-order valence-corrected chi connectivity index (χ2v) is 3.44. The van der Waals surface area contributed by atoms with E-state index in [0.29, 0.717) is 0 Å². The molecule has 0 bridgehead atoms. The third kappa shape index (κ3) is 2.59. The summed E-state index contributed by atoms with van der Waals surface area (Å²) in [4.78, 5) is 10.8. The first-order valence-corrected chi connectivity index (χ1v) is 4.74. The van der Waals surface area contributed by atoms with Crippen molar-refractivity contribution in [1.29, 1.82) is 0 Å². The van der Waals surface area contributed by atoms with Crippen molar-refractivity contribution in [2.45, 2.75) is 19.9 Å². The van der Waals surface area contributed by atoms with E-state index in [2.05, 4.69) is 11.9 Å². The normalized spacial score (nSPS) is 11.9. The van der Waals surface area contributed by atoms with Crippen LogP contribution >= 0.6 is 0 Å². The van der Waals surface area contributed by atoms with Gasteiger partial charge in [0.1, 0.15) is 6.04 Å². The summed E-state index contributed by atoms with van der Waals surface area (Å²) in [5.41, 5.74) is 3.03. The molecule has 15 heavy (non-hydrogen) atoms. The number of aryl methyl sites for hydroxylation is 1. The molecule has 0 radical (unpaired) electrons. The van der Waals surface area contributed by atoms with Gasteiger partial charge in [-0.05, 0) is 31.0 Å². The Hall–Kier alpha value is -1.77. The van der Waals surface area contributed by atoms with Crippen molar-refractivity contribution in [3.8, 4) is 0 Å². The molecule has 0 aromatic heterocycles. The van der Waals surface area contributed by atoms with Crippen LogP contribution in [-0.2, 0) is 4.79 Å². The van der Waals surface area contributed by atoms with Gasteiger partial charge in [0.25, 0.3) is 0 Å². The van der Waals surface area contributed by atoms with E-state index in [1.54, 1.807) is 0 Å². The van der Waals surface area contributed by atoms with Gasteiger partial charge in [0.2, 0.25) is 0 Å². The molecule has 0 saturated carbocycles. The molecule has 0 aliphatic carbocycles. The van der Waals surface area contributed by atoms with Crippen molar-refractivity contribution >= 4 is 11.7 Å². The summed E-state index contributed by atoms with van der Waals surface area (Å²) in [6.07, 6.45) is 1.38. The van der Waals surface area contributed by atoms with Gasteiger partial charge in [-0.2, -0.15) is 0 Å². The highest BCUT2D eigenvalue weighted by molar-refractivity contribution is 5.80. The zero-order valence-corrected chi connectivity index (χ0v) is 8.95. The van der Waals surface area contributed by atoms with Gasteiger partial charge in [-0.25, -0.2) is 4.79 Å². The molecule has 0 aliphatic rings. The molecule has 3 nitrogen and oxygen atoms in total. The van der Waals surface area contributed by atoms with E-state index in [9.17, 15) is 4.79 Å². The standard InChI is InChI=1S/C12H15NO2/c1-4-10(12(14)15)13-11-7-5-6-8(2)9(11)3/h4-7,10,13H,1H2,2-3H3,(H,14,15). The largest absolute Gasteiger partial charge is 0.479 e. The average Bonchev–Trinajstić information content (AvgIpc) is 2.19. The number of hydrogen-bond donors (Lipinski definition) is 2. The van der Waals surface area contributed by atoms with E-state index in [1.165, 1.54) is 6.08 Å². The van der Waals surface area contributed by atoms with Crippen LogP contribution in [0.1, 0.15) is 11.1 Å². The molecule has 0 spiro atoms. The van der Waals surface area contributed by atoms with E-state index in [1.807, 2.05) is 32.0 Å². The SMILES string of the molecule is C=CC(Nc1cccc(C)c1C)C(=O)O. The molecule has 0 heterocycles. The van der Waals surface area contributed by atoms with Crippen LogP contribution in [0, 0.1) is 13.8 Å². The molecule has 0 fully saturated rings. The number of carboxylic acids is 1. The molecule has 0 saturated heterocycles. The molecule has 1 rings (SSSR count). The third-order valence-corrected chi connectivity index (χ3v) is 2.42. The molecule has 1 unspecified atom stereocenters. The highest BCUT2D eigenvalue weighted by Crippen LogP contribution is 2.18. The van der Waals surface area contributed by atoms with Gasteiger partial charge in [0.05, 0.1) is 0 Å². The first-order valence-electron chi connectivity index (χ1n) is 4.74. The Bertz CT molecular complexity index is 385.